The van der Waals surface area contributed by atoms with Crippen LogP contribution in [0.5, 0.6) is 11.5 Å². The maximum absolute atomic E-state index is 12.8. The van der Waals surface area contributed by atoms with Gasteiger partial charge in [0.15, 0.2) is 11.5 Å². The van der Waals surface area contributed by atoms with E-state index in [2.05, 4.69) is 10.5 Å². The lowest BCUT2D eigenvalue weighted by molar-refractivity contribution is -0.120. The molecule has 5 nitrogen and oxygen atoms in total. The van der Waals surface area contributed by atoms with Crippen LogP contribution in [-0.2, 0) is 11.2 Å². The van der Waals surface area contributed by atoms with Crippen molar-refractivity contribution in [2.75, 3.05) is 14.2 Å². The number of halogens is 2. The molecule has 0 atom stereocenters. The van der Waals surface area contributed by atoms with Crippen molar-refractivity contribution >= 4 is 23.7 Å². The van der Waals surface area contributed by atoms with E-state index in [0.29, 0.717) is 27.6 Å². The van der Waals surface area contributed by atoms with Gasteiger partial charge in [-0.15, -0.1) is 0 Å². The average molecular weight is 351 g/mol. The highest BCUT2D eigenvalue weighted by Crippen LogP contribution is 2.32. The Balaban J connectivity index is 2.00. The van der Waals surface area contributed by atoms with Gasteiger partial charge in [-0.1, -0.05) is 23.7 Å². The molecule has 0 spiro atoms. The van der Waals surface area contributed by atoms with Crippen LogP contribution < -0.4 is 14.9 Å². The third kappa shape index (κ3) is 4.70. The summed E-state index contributed by atoms with van der Waals surface area (Å²) in [6.45, 7) is 0. The number of hydrazone groups is 1. The standard InChI is InChI=1S/C17H16ClFN2O3/c1-23-15-8-12(14(18)9-16(15)24-2)10-20-21-17(22)7-11-3-5-13(19)6-4-11/h3-6,8-10H,7H2,1-2H3,(H,21,22)/b20-10+. The zero-order valence-electron chi connectivity index (χ0n) is 13.2. The molecule has 2 rings (SSSR count). The number of nitrogens with zero attached hydrogens (tertiary/aromatic N) is 1. The number of carbonyl (C=O) groups excluding carboxylic acids is 1. The molecule has 126 valence electrons. The van der Waals surface area contributed by atoms with Gasteiger partial charge in [0.2, 0.25) is 5.91 Å². The van der Waals surface area contributed by atoms with Crippen molar-refractivity contribution in [2.24, 2.45) is 5.10 Å². The lowest BCUT2D eigenvalue weighted by atomic mass is 10.1. The van der Waals surface area contributed by atoms with Gasteiger partial charge in [0.05, 0.1) is 31.9 Å². The van der Waals surface area contributed by atoms with Gasteiger partial charge in [0.1, 0.15) is 5.82 Å². The minimum Gasteiger partial charge on any atom is -0.493 e. The Morgan fingerprint density at radius 3 is 2.46 bits per heavy atom. The van der Waals surface area contributed by atoms with Gasteiger partial charge in [-0.05, 0) is 23.8 Å². The van der Waals surface area contributed by atoms with Crippen LogP contribution >= 0.6 is 11.6 Å². The van der Waals surface area contributed by atoms with Crippen molar-refractivity contribution in [2.45, 2.75) is 6.42 Å². The van der Waals surface area contributed by atoms with E-state index in [-0.39, 0.29) is 18.1 Å². The zero-order chi connectivity index (χ0) is 17.5. The topological polar surface area (TPSA) is 59.9 Å². The average Bonchev–Trinajstić information content (AvgIpc) is 2.58. The Bertz CT molecular complexity index is 748. The Morgan fingerprint density at radius 1 is 1.21 bits per heavy atom. The number of rotatable bonds is 6. The Hall–Kier alpha value is -2.60. The molecule has 0 saturated carbocycles. The summed E-state index contributed by atoms with van der Waals surface area (Å²) in [5.74, 6) is 0.329. The van der Waals surface area contributed by atoms with Crippen molar-refractivity contribution in [3.05, 3.63) is 58.4 Å². The molecule has 0 heterocycles. The molecule has 0 radical (unpaired) electrons. The molecular formula is C17H16ClFN2O3. The van der Waals surface area contributed by atoms with Crippen LogP contribution in [-0.4, -0.2) is 26.3 Å². The van der Waals surface area contributed by atoms with Crippen molar-refractivity contribution in [1.82, 2.24) is 5.43 Å². The minimum atomic E-state index is -0.347. The van der Waals surface area contributed by atoms with Crippen molar-refractivity contribution in [3.8, 4) is 11.5 Å². The third-order valence-corrected chi connectivity index (χ3v) is 3.50. The molecule has 0 aliphatic rings. The number of nitrogens with one attached hydrogen (secondary N) is 1. The fourth-order valence-corrected chi connectivity index (χ4v) is 2.17. The summed E-state index contributed by atoms with van der Waals surface area (Å²) < 4.78 is 23.1. The van der Waals surface area contributed by atoms with Gasteiger partial charge in [-0.25, -0.2) is 9.82 Å². The number of benzene rings is 2. The quantitative estimate of drug-likeness (QED) is 0.643. The number of carbonyl (C=O) groups is 1. The molecule has 0 aliphatic heterocycles. The van der Waals surface area contributed by atoms with E-state index in [1.54, 1.807) is 24.3 Å². The molecule has 1 N–H and O–H groups in total. The second-order valence-corrected chi connectivity index (χ2v) is 5.23. The second kappa shape index (κ2) is 8.31. The van der Waals surface area contributed by atoms with Crippen molar-refractivity contribution in [3.63, 3.8) is 0 Å². The van der Waals surface area contributed by atoms with Crippen LogP contribution in [0.1, 0.15) is 11.1 Å². The summed E-state index contributed by atoms with van der Waals surface area (Å²) >= 11 is 6.12. The molecule has 0 bridgehead atoms. The molecule has 24 heavy (non-hydrogen) atoms. The Morgan fingerprint density at radius 2 is 1.83 bits per heavy atom. The minimum absolute atomic E-state index is 0.0945. The third-order valence-electron chi connectivity index (χ3n) is 3.17. The number of hydrogen-bond donors (Lipinski definition) is 1. The summed E-state index contributed by atoms with van der Waals surface area (Å²) in [4.78, 5) is 11.8. The Kier molecular flexibility index (Phi) is 6.14. The first-order chi connectivity index (χ1) is 11.5. The summed E-state index contributed by atoms with van der Waals surface area (Å²) in [7, 11) is 3.02. The van der Waals surface area contributed by atoms with Crippen LogP contribution in [0, 0.1) is 5.82 Å². The van der Waals surface area contributed by atoms with E-state index >= 15 is 0 Å². The molecule has 0 fully saturated rings. The van der Waals surface area contributed by atoms with Crippen LogP contribution in [0.15, 0.2) is 41.5 Å². The summed E-state index contributed by atoms with van der Waals surface area (Å²) in [5, 5.41) is 4.27. The molecule has 2 aromatic rings. The van der Waals surface area contributed by atoms with Crippen molar-refractivity contribution < 1.29 is 18.7 Å². The van der Waals surface area contributed by atoms with Gasteiger partial charge in [0.25, 0.3) is 0 Å². The lowest BCUT2D eigenvalue weighted by Crippen LogP contribution is -2.19. The van der Waals surface area contributed by atoms with Gasteiger partial charge in [-0.2, -0.15) is 5.10 Å². The molecule has 2 aromatic carbocycles. The van der Waals surface area contributed by atoms with E-state index in [1.165, 1.54) is 32.6 Å². The van der Waals surface area contributed by atoms with E-state index in [0.717, 1.165) is 0 Å². The van der Waals surface area contributed by atoms with Crippen LogP contribution in [0.25, 0.3) is 0 Å². The summed E-state index contributed by atoms with van der Waals surface area (Å²) in [5.41, 5.74) is 3.65. The monoisotopic (exact) mass is 350 g/mol. The predicted molar refractivity (Wildman–Crippen MR) is 90.4 cm³/mol. The van der Waals surface area contributed by atoms with Crippen LogP contribution in [0.2, 0.25) is 5.02 Å². The van der Waals surface area contributed by atoms with Crippen LogP contribution in [0.3, 0.4) is 0 Å². The predicted octanol–water partition coefficient (Wildman–Crippen LogP) is 3.19. The number of hydrogen-bond acceptors (Lipinski definition) is 4. The number of methoxy groups -OCH3 is 2. The van der Waals surface area contributed by atoms with Gasteiger partial charge >= 0.3 is 0 Å². The van der Waals surface area contributed by atoms with E-state index in [1.807, 2.05) is 0 Å². The molecule has 7 heteroatoms. The maximum Gasteiger partial charge on any atom is 0.244 e. The summed E-state index contributed by atoms with van der Waals surface area (Å²) in [6.07, 6.45) is 1.50. The normalized spacial score (nSPS) is 10.7. The fourth-order valence-electron chi connectivity index (χ4n) is 1.97. The SMILES string of the molecule is COc1cc(Cl)c(/C=N/NC(=O)Cc2ccc(F)cc2)cc1OC. The van der Waals surface area contributed by atoms with Gasteiger partial charge in [-0.3, -0.25) is 4.79 Å². The molecule has 0 saturated heterocycles. The zero-order valence-corrected chi connectivity index (χ0v) is 13.9. The van der Waals surface area contributed by atoms with Crippen molar-refractivity contribution in [1.29, 1.82) is 0 Å². The second-order valence-electron chi connectivity index (χ2n) is 4.83. The number of ether oxygens (including phenoxy) is 2. The molecular weight excluding hydrogens is 335 g/mol. The summed E-state index contributed by atoms with van der Waals surface area (Å²) in [6, 6.07) is 8.94. The molecule has 0 aliphatic carbocycles. The highest BCUT2D eigenvalue weighted by Gasteiger charge is 2.08. The first kappa shape index (κ1) is 17.7. The molecule has 0 aromatic heterocycles. The number of amides is 1. The van der Waals surface area contributed by atoms with E-state index < -0.39 is 0 Å². The van der Waals surface area contributed by atoms with Gasteiger partial charge in [0, 0.05) is 11.6 Å². The highest BCUT2D eigenvalue weighted by molar-refractivity contribution is 6.33. The fraction of sp³-hybridized carbons (Fsp3) is 0.176. The highest BCUT2D eigenvalue weighted by atomic mass is 35.5. The van der Waals surface area contributed by atoms with Gasteiger partial charge < -0.3 is 9.47 Å². The lowest BCUT2D eigenvalue weighted by Gasteiger charge is -2.09. The smallest absolute Gasteiger partial charge is 0.244 e. The molecule has 0 unspecified atom stereocenters. The maximum atomic E-state index is 12.8. The Labute approximate surface area is 144 Å². The molecule has 1 amide bonds. The van der Waals surface area contributed by atoms with E-state index in [9.17, 15) is 9.18 Å². The first-order valence-corrected chi connectivity index (χ1v) is 7.39. The van der Waals surface area contributed by atoms with E-state index in [4.69, 9.17) is 21.1 Å². The van der Waals surface area contributed by atoms with Crippen LogP contribution in [0.4, 0.5) is 4.39 Å². The first-order valence-electron chi connectivity index (χ1n) is 7.01. The largest absolute Gasteiger partial charge is 0.493 e.